The summed E-state index contributed by atoms with van der Waals surface area (Å²) < 4.78 is 0. The summed E-state index contributed by atoms with van der Waals surface area (Å²) in [5.74, 6) is 1.07. The van der Waals surface area contributed by atoms with E-state index in [4.69, 9.17) is 22.2 Å². The van der Waals surface area contributed by atoms with Crippen molar-refractivity contribution < 1.29 is 0 Å². The van der Waals surface area contributed by atoms with Gasteiger partial charge in [-0.05, 0) is 24.8 Å². The quantitative estimate of drug-likeness (QED) is 0.0282. The maximum absolute atomic E-state index is 6.17. The van der Waals surface area contributed by atoms with Crippen LogP contribution in [0.4, 0.5) is 0 Å². The molecule has 0 aromatic rings. The zero-order valence-electron chi connectivity index (χ0n) is 30.3. The molecule has 0 atom stereocenters. The fraction of sp³-hybridized carbons (Fsp3) is 1.00. The van der Waals surface area contributed by atoms with Crippen LogP contribution >= 0.6 is 34.8 Å². The molecule has 0 aliphatic carbocycles. The molecule has 0 nitrogen and oxygen atoms in total. The van der Waals surface area contributed by atoms with Gasteiger partial charge in [-0.15, -0.1) is 22.2 Å². The highest BCUT2D eigenvalue weighted by Gasteiger charge is 2.19. The van der Waals surface area contributed by atoms with Gasteiger partial charge in [0, 0.05) is 0 Å². The van der Waals surface area contributed by atoms with Crippen LogP contribution < -0.4 is 0 Å². The topological polar surface area (TPSA) is 0 Å². The zero-order chi connectivity index (χ0) is 32.1. The number of rotatable bonds is 39. The lowest BCUT2D eigenvalue weighted by Gasteiger charge is -2.09. The maximum Gasteiger partial charge on any atom is 0.248 e. The van der Waals surface area contributed by atoms with Gasteiger partial charge in [-0.2, -0.15) is 12.6 Å². The van der Waals surface area contributed by atoms with Crippen molar-refractivity contribution in [2.75, 3.05) is 5.75 Å². The molecule has 0 saturated carbocycles. The molecule has 44 heavy (non-hydrogen) atoms. The summed E-state index contributed by atoms with van der Waals surface area (Å²) in [6.07, 6.45) is 53.7. The smallest absolute Gasteiger partial charge is 0.179 e. The van der Waals surface area contributed by atoms with E-state index >= 15 is 0 Å². The van der Waals surface area contributed by atoms with Gasteiger partial charge < -0.3 is 0 Å². The Labute approximate surface area is 296 Å². The first-order valence-corrected chi connectivity index (χ1v) is 25.9. The van der Waals surface area contributed by atoms with E-state index in [0.717, 1.165) is 11.8 Å². The molecule has 0 aromatic heterocycles. The van der Waals surface area contributed by atoms with E-state index in [9.17, 15) is 0 Å². The molecule has 0 heterocycles. The van der Waals surface area contributed by atoms with Crippen LogP contribution in [0.1, 0.15) is 238 Å². The van der Waals surface area contributed by atoms with Crippen LogP contribution in [0.2, 0.25) is 12.6 Å². The van der Waals surface area contributed by atoms with Gasteiger partial charge in [-0.3, -0.25) is 0 Å². The van der Waals surface area contributed by atoms with Gasteiger partial charge in [0.25, 0.3) is 0 Å². The fourth-order valence-electron chi connectivity index (χ4n) is 6.73. The summed E-state index contributed by atoms with van der Waals surface area (Å²) in [7, 11) is 0. The summed E-state index contributed by atoms with van der Waals surface area (Å²) >= 11 is 16.6. The molecule has 0 saturated heterocycles. The van der Waals surface area contributed by atoms with Crippen molar-refractivity contribution in [1.29, 1.82) is 0 Å². The highest BCUT2D eigenvalue weighted by atomic mass is 35.7. The van der Waals surface area contributed by atoms with Gasteiger partial charge in [0.05, 0.1) is 0 Å². The standard InChI is InChI=1S/C40H82Cl2SSi/c1-44(41,42)40-38-36-34-32-30-28-26-24-22-20-18-16-14-12-10-8-6-4-2-3-5-7-9-11-13-15-17-19-21-23-25-27-29-31-33-35-37-39-43/h43H,2-40H2,1H3. The van der Waals surface area contributed by atoms with E-state index in [0.29, 0.717) is 0 Å². The van der Waals surface area contributed by atoms with Crippen LogP contribution in [-0.4, -0.2) is 12.4 Å². The fourth-order valence-corrected chi connectivity index (χ4v) is 8.63. The van der Waals surface area contributed by atoms with Crippen LogP contribution in [0.3, 0.4) is 0 Å². The highest BCUT2D eigenvalue weighted by Crippen LogP contribution is 2.23. The minimum atomic E-state index is -1.84. The maximum atomic E-state index is 6.17. The molecule has 0 aromatic carbocycles. The Balaban J connectivity index is 3.05. The van der Waals surface area contributed by atoms with E-state index in [-0.39, 0.29) is 0 Å². The number of unbranched alkanes of at least 4 members (excludes halogenated alkanes) is 36. The summed E-state index contributed by atoms with van der Waals surface area (Å²) in [5, 5.41) is 0. The highest BCUT2D eigenvalue weighted by molar-refractivity contribution is 7.80. The van der Waals surface area contributed by atoms with Gasteiger partial charge in [-0.25, -0.2) is 0 Å². The average Bonchev–Trinajstić information content (AvgIpc) is 3.00. The zero-order valence-corrected chi connectivity index (χ0v) is 33.7. The molecular formula is C40H82Cl2SSi. The van der Waals surface area contributed by atoms with Crippen molar-refractivity contribution in [3.63, 3.8) is 0 Å². The lowest BCUT2D eigenvalue weighted by molar-refractivity contribution is 0.510. The number of halogens is 2. The van der Waals surface area contributed by atoms with Crippen LogP contribution in [-0.2, 0) is 0 Å². The van der Waals surface area contributed by atoms with Crippen molar-refractivity contribution in [1.82, 2.24) is 0 Å². The molecule has 0 radical (unpaired) electrons. The number of hydrogen-bond acceptors (Lipinski definition) is 1. The molecular weight excluding hydrogens is 611 g/mol. The second kappa shape index (κ2) is 38.6. The molecule has 0 fully saturated rings. The Morgan fingerprint density at radius 1 is 0.273 bits per heavy atom. The monoisotopic (exact) mass is 693 g/mol. The van der Waals surface area contributed by atoms with Gasteiger partial charge in [0.2, 0.25) is 6.69 Å². The predicted octanol–water partition coefficient (Wildman–Crippen LogP) is 16.9. The summed E-state index contributed by atoms with van der Waals surface area (Å²) in [5.41, 5.74) is 0. The third-order valence-corrected chi connectivity index (χ3v) is 12.5. The van der Waals surface area contributed by atoms with Gasteiger partial charge in [0.1, 0.15) is 0 Å². The molecule has 0 unspecified atom stereocenters. The van der Waals surface area contributed by atoms with E-state index in [1.807, 2.05) is 6.55 Å². The van der Waals surface area contributed by atoms with Crippen molar-refractivity contribution in [2.24, 2.45) is 0 Å². The first-order valence-electron chi connectivity index (χ1n) is 20.5. The van der Waals surface area contributed by atoms with Crippen molar-refractivity contribution in [3.8, 4) is 0 Å². The third-order valence-electron chi connectivity index (χ3n) is 9.77. The van der Waals surface area contributed by atoms with Gasteiger partial charge >= 0.3 is 0 Å². The molecule has 0 aliphatic rings. The van der Waals surface area contributed by atoms with Gasteiger partial charge in [0.15, 0.2) is 0 Å². The van der Waals surface area contributed by atoms with Crippen molar-refractivity contribution in [2.45, 2.75) is 250 Å². The molecule has 0 amide bonds. The Hall–Kier alpha value is 1.15. The Morgan fingerprint density at radius 3 is 0.545 bits per heavy atom. The Morgan fingerprint density at radius 2 is 0.409 bits per heavy atom. The largest absolute Gasteiger partial charge is 0.248 e. The van der Waals surface area contributed by atoms with Crippen molar-refractivity contribution in [3.05, 3.63) is 0 Å². The molecule has 0 bridgehead atoms. The minimum Gasteiger partial charge on any atom is -0.179 e. The van der Waals surface area contributed by atoms with Crippen molar-refractivity contribution >= 4 is 41.5 Å². The van der Waals surface area contributed by atoms with Gasteiger partial charge in [-0.1, -0.05) is 231 Å². The normalized spacial score (nSPS) is 12.0. The Bertz CT molecular complexity index is 510. The molecule has 266 valence electrons. The average molecular weight is 694 g/mol. The number of thiol groups is 1. The summed E-state index contributed by atoms with van der Waals surface area (Å²) in [4.78, 5) is 0. The first-order chi connectivity index (χ1) is 21.6. The molecule has 0 aliphatic heterocycles. The van der Waals surface area contributed by atoms with Crippen LogP contribution in [0.15, 0.2) is 0 Å². The lowest BCUT2D eigenvalue weighted by Crippen LogP contribution is -2.11. The van der Waals surface area contributed by atoms with Crippen LogP contribution in [0.5, 0.6) is 0 Å². The third kappa shape index (κ3) is 43.1. The lowest BCUT2D eigenvalue weighted by atomic mass is 10.0. The molecule has 0 rings (SSSR count). The molecule has 0 spiro atoms. The summed E-state index contributed by atoms with van der Waals surface area (Å²) in [6, 6.07) is 1.06. The second-order valence-electron chi connectivity index (χ2n) is 14.6. The second-order valence-corrected chi connectivity index (χ2v) is 23.3. The van der Waals surface area contributed by atoms with E-state index in [2.05, 4.69) is 12.6 Å². The minimum absolute atomic E-state index is 1.06. The van der Waals surface area contributed by atoms with Crippen LogP contribution in [0.25, 0.3) is 0 Å². The Kier molecular flexibility index (Phi) is 39.6. The SMILES string of the molecule is C[Si](Cl)(Cl)CCCCCCCCCCCCCCCCCCCCCCCCCCCCCCCCCCCCCCCS. The van der Waals surface area contributed by atoms with E-state index < -0.39 is 6.69 Å². The first kappa shape index (κ1) is 45.1. The number of hydrogen-bond donors (Lipinski definition) is 1. The van der Waals surface area contributed by atoms with Crippen LogP contribution in [0, 0.1) is 0 Å². The van der Waals surface area contributed by atoms with E-state index in [1.165, 1.54) is 238 Å². The molecule has 4 heteroatoms. The molecule has 0 N–H and O–H groups in total. The summed E-state index contributed by atoms with van der Waals surface area (Å²) in [6.45, 7) is 0.201. The van der Waals surface area contributed by atoms with E-state index in [1.54, 1.807) is 0 Å². The predicted molar refractivity (Wildman–Crippen MR) is 213 cm³/mol.